The van der Waals surface area contributed by atoms with E-state index in [0.717, 1.165) is 16.8 Å². The Balaban J connectivity index is 2.36. The minimum Gasteiger partial charge on any atom is -0.395 e. The van der Waals surface area contributed by atoms with Crippen molar-refractivity contribution < 1.29 is 5.11 Å². The van der Waals surface area contributed by atoms with Crippen LogP contribution in [0.4, 0.5) is 0 Å². The van der Waals surface area contributed by atoms with Gasteiger partial charge in [-0.05, 0) is 0 Å². The highest BCUT2D eigenvalue weighted by atomic mass is 35.5. The largest absolute Gasteiger partial charge is 0.395 e. The van der Waals surface area contributed by atoms with E-state index < -0.39 is 0 Å². The topological polar surface area (TPSA) is 41.3 Å². The van der Waals surface area contributed by atoms with Crippen molar-refractivity contribution in [2.24, 2.45) is 7.05 Å². The zero-order valence-corrected chi connectivity index (χ0v) is 12.9. The molecule has 0 atom stereocenters. The fraction of sp³-hybridized carbons (Fsp3) is 0.312. The first-order valence-electron chi connectivity index (χ1n) is 6.88. The molecular formula is C16H20ClN3O. The lowest BCUT2D eigenvalue weighted by atomic mass is 10.1. The van der Waals surface area contributed by atoms with E-state index in [-0.39, 0.29) is 6.61 Å². The van der Waals surface area contributed by atoms with Crippen molar-refractivity contribution in [3.8, 4) is 11.3 Å². The van der Waals surface area contributed by atoms with Crippen LogP contribution in [0, 0.1) is 0 Å². The molecule has 0 saturated heterocycles. The van der Waals surface area contributed by atoms with Gasteiger partial charge in [-0.25, -0.2) is 0 Å². The molecule has 1 heterocycles. The molecule has 0 aliphatic carbocycles. The van der Waals surface area contributed by atoms with E-state index in [1.807, 2.05) is 43.5 Å². The van der Waals surface area contributed by atoms with Gasteiger partial charge in [0, 0.05) is 37.8 Å². The van der Waals surface area contributed by atoms with Gasteiger partial charge in [-0.1, -0.05) is 48.0 Å². The fourth-order valence-corrected chi connectivity index (χ4v) is 2.48. The van der Waals surface area contributed by atoms with E-state index in [4.69, 9.17) is 11.6 Å². The zero-order chi connectivity index (χ0) is 15.2. The Labute approximate surface area is 130 Å². The second-order valence-corrected chi connectivity index (χ2v) is 5.21. The molecule has 0 saturated carbocycles. The van der Waals surface area contributed by atoms with E-state index in [1.54, 1.807) is 4.68 Å². The SMILES string of the molecule is C=CCN(CCO)Cc1c(-c2ccccc2)nn(C)c1Cl. The van der Waals surface area contributed by atoms with Crippen LogP contribution in [0.5, 0.6) is 0 Å². The molecule has 0 spiro atoms. The average Bonchev–Trinajstić information content (AvgIpc) is 2.77. The summed E-state index contributed by atoms with van der Waals surface area (Å²) in [6.45, 7) is 5.76. The first-order valence-corrected chi connectivity index (χ1v) is 7.26. The second kappa shape index (κ2) is 7.41. The summed E-state index contributed by atoms with van der Waals surface area (Å²) in [6.07, 6.45) is 1.82. The summed E-state index contributed by atoms with van der Waals surface area (Å²) in [7, 11) is 1.84. The number of aromatic nitrogens is 2. The lowest BCUT2D eigenvalue weighted by molar-refractivity contribution is 0.203. The lowest BCUT2D eigenvalue weighted by Crippen LogP contribution is -2.26. The number of aryl methyl sites for hydroxylation is 1. The molecule has 0 radical (unpaired) electrons. The highest BCUT2D eigenvalue weighted by Gasteiger charge is 2.18. The first kappa shape index (κ1) is 15.8. The van der Waals surface area contributed by atoms with E-state index in [2.05, 4.69) is 16.6 Å². The third-order valence-corrected chi connectivity index (χ3v) is 3.77. The normalized spacial score (nSPS) is 11.0. The number of rotatable bonds is 7. The third-order valence-electron chi connectivity index (χ3n) is 3.30. The number of hydrogen-bond donors (Lipinski definition) is 1. The molecule has 1 aromatic carbocycles. The van der Waals surface area contributed by atoms with Crippen molar-refractivity contribution >= 4 is 11.6 Å². The molecule has 0 fully saturated rings. The highest BCUT2D eigenvalue weighted by molar-refractivity contribution is 6.30. The minimum atomic E-state index is 0.104. The van der Waals surface area contributed by atoms with Crippen molar-refractivity contribution in [3.63, 3.8) is 0 Å². The monoisotopic (exact) mass is 305 g/mol. The van der Waals surface area contributed by atoms with Crippen molar-refractivity contribution in [1.29, 1.82) is 0 Å². The zero-order valence-electron chi connectivity index (χ0n) is 12.2. The fourth-order valence-electron chi connectivity index (χ4n) is 2.30. The molecule has 21 heavy (non-hydrogen) atoms. The molecule has 1 aromatic heterocycles. The molecule has 2 aromatic rings. The van der Waals surface area contributed by atoms with Crippen LogP contribution in [0.1, 0.15) is 5.56 Å². The lowest BCUT2D eigenvalue weighted by Gasteiger charge is -2.19. The average molecular weight is 306 g/mol. The van der Waals surface area contributed by atoms with Gasteiger partial charge in [0.15, 0.2) is 0 Å². The summed E-state index contributed by atoms with van der Waals surface area (Å²) in [5.74, 6) is 0. The third kappa shape index (κ3) is 3.73. The van der Waals surface area contributed by atoms with Gasteiger partial charge in [0.05, 0.1) is 12.3 Å². The Bertz CT molecular complexity index is 595. The molecule has 1 N–H and O–H groups in total. The van der Waals surface area contributed by atoms with E-state index in [0.29, 0.717) is 24.8 Å². The molecule has 0 unspecified atom stereocenters. The quantitative estimate of drug-likeness (QED) is 0.800. The van der Waals surface area contributed by atoms with Crippen molar-refractivity contribution in [1.82, 2.24) is 14.7 Å². The Morgan fingerprint density at radius 3 is 2.71 bits per heavy atom. The van der Waals surface area contributed by atoms with Crippen LogP contribution >= 0.6 is 11.6 Å². The number of hydrogen-bond acceptors (Lipinski definition) is 3. The molecule has 0 aliphatic heterocycles. The van der Waals surface area contributed by atoms with Crippen LogP contribution in [-0.2, 0) is 13.6 Å². The summed E-state index contributed by atoms with van der Waals surface area (Å²) < 4.78 is 1.68. The van der Waals surface area contributed by atoms with Gasteiger partial charge in [0.2, 0.25) is 0 Å². The summed E-state index contributed by atoms with van der Waals surface area (Å²) in [5, 5.41) is 14.3. The highest BCUT2D eigenvalue weighted by Crippen LogP contribution is 2.29. The predicted octanol–water partition coefficient (Wildman–Crippen LogP) is 2.72. The van der Waals surface area contributed by atoms with Crippen LogP contribution in [-0.4, -0.2) is 39.5 Å². The number of nitrogens with zero attached hydrogens (tertiary/aromatic N) is 3. The molecule has 0 bridgehead atoms. The molecule has 0 amide bonds. The molecule has 0 aliphatic rings. The van der Waals surface area contributed by atoms with Crippen molar-refractivity contribution in [3.05, 3.63) is 53.7 Å². The molecular weight excluding hydrogens is 286 g/mol. The van der Waals surface area contributed by atoms with Crippen LogP contribution in [0.25, 0.3) is 11.3 Å². The predicted molar refractivity (Wildman–Crippen MR) is 86.2 cm³/mol. The molecule has 112 valence electrons. The maximum atomic E-state index is 9.17. The number of aliphatic hydroxyl groups excluding tert-OH is 1. The Morgan fingerprint density at radius 1 is 1.38 bits per heavy atom. The second-order valence-electron chi connectivity index (χ2n) is 4.85. The van der Waals surface area contributed by atoms with Gasteiger partial charge in [0.1, 0.15) is 5.15 Å². The van der Waals surface area contributed by atoms with Gasteiger partial charge in [-0.2, -0.15) is 5.10 Å². The van der Waals surface area contributed by atoms with Crippen LogP contribution in [0.15, 0.2) is 43.0 Å². The first-order chi connectivity index (χ1) is 10.2. The Kier molecular flexibility index (Phi) is 5.56. The Morgan fingerprint density at radius 2 is 2.10 bits per heavy atom. The van der Waals surface area contributed by atoms with Gasteiger partial charge >= 0.3 is 0 Å². The van der Waals surface area contributed by atoms with Gasteiger partial charge in [-0.3, -0.25) is 9.58 Å². The summed E-state index contributed by atoms with van der Waals surface area (Å²) >= 11 is 6.39. The smallest absolute Gasteiger partial charge is 0.131 e. The number of benzene rings is 1. The standard InChI is InChI=1S/C16H20ClN3O/c1-3-9-20(10-11-21)12-14-15(18-19(2)16(14)17)13-7-5-4-6-8-13/h3-8,21H,1,9-12H2,2H3. The maximum Gasteiger partial charge on any atom is 0.131 e. The van der Waals surface area contributed by atoms with E-state index in [9.17, 15) is 5.11 Å². The van der Waals surface area contributed by atoms with Gasteiger partial charge in [0.25, 0.3) is 0 Å². The molecule has 4 nitrogen and oxygen atoms in total. The van der Waals surface area contributed by atoms with E-state index >= 15 is 0 Å². The van der Waals surface area contributed by atoms with Gasteiger partial charge < -0.3 is 5.11 Å². The van der Waals surface area contributed by atoms with Crippen LogP contribution in [0.2, 0.25) is 5.15 Å². The molecule has 2 rings (SSSR count). The summed E-state index contributed by atoms with van der Waals surface area (Å²) in [5.41, 5.74) is 2.90. The van der Waals surface area contributed by atoms with E-state index in [1.165, 1.54) is 0 Å². The number of aliphatic hydroxyl groups is 1. The minimum absolute atomic E-state index is 0.104. The maximum absolute atomic E-state index is 9.17. The van der Waals surface area contributed by atoms with Crippen LogP contribution < -0.4 is 0 Å². The van der Waals surface area contributed by atoms with Crippen molar-refractivity contribution in [2.75, 3.05) is 19.7 Å². The summed E-state index contributed by atoms with van der Waals surface area (Å²) in [6, 6.07) is 9.98. The number of halogens is 1. The summed E-state index contributed by atoms with van der Waals surface area (Å²) in [4.78, 5) is 2.09. The van der Waals surface area contributed by atoms with Crippen LogP contribution in [0.3, 0.4) is 0 Å². The Hall–Kier alpha value is -1.62. The van der Waals surface area contributed by atoms with Crippen molar-refractivity contribution in [2.45, 2.75) is 6.54 Å². The molecule has 5 heteroatoms. The van der Waals surface area contributed by atoms with Gasteiger partial charge in [-0.15, -0.1) is 6.58 Å².